The van der Waals surface area contributed by atoms with Crippen LogP contribution in [-0.4, -0.2) is 47.9 Å². The molecule has 0 aliphatic carbocycles. The Morgan fingerprint density at radius 1 is 1.13 bits per heavy atom. The number of ether oxygens (including phenoxy) is 2. The lowest BCUT2D eigenvalue weighted by Gasteiger charge is -2.10. The maximum absolute atomic E-state index is 11.9. The Balaban J connectivity index is 1.43. The van der Waals surface area contributed by atoms with Gasteiger partial charge in [-0.25, -0.2) is 10.2 Å². The molecule has 0 atom stereocenters. The summed E-state index contributed by atoms with van der Waals surface area (Å²) in [6.45, 7) is -0.571. The number of hydrogen-bond acceptors (Lipinski definition) is 7. The number of amides is 1. The van der Waals surface area contributed by atoms with E-state index in [1.807, 2.05) is 47.8 Å². The van der Waals surface area contributed by atoms with Crippen molar-refractivity contribution in [3.8, 4) is 11.5 Å². The van der Waals surface area contributed by atoms with Crippen LogP contribution in [0.15, 0.2) is 52.0 Å². The second-order valence-corrected chi connectivity index (χ2v) is 9.68. The summed E-state index contributed by atoms with van der Waals surface area (Å²) in [7, 11) is 0. The van der Waals surface area contributed by atoms with Crippen LogP contribution in [0.3, 0.4) is 0 Å². The molecule has 0 radical (unpaired) electrons. The first kappa shape index (κ1) is 22.5. The lowest BCUT2D eigenvalue weighted by molar-refractivity contribution is -0.139. The molecule has 0 unspecified atom stereocenters. The summed E-state index contributed by atoms with van der Waals surface area (Å²) in [5, 5.41) is 12.5. The number of rotatable bonds is 9. The van der Waals surface area contributed by atoms with Crippen LogP contribution in [0.5, 0.6) is 11.5 Å². The number of hydrogen-bond donors (Lipinski definition) is 2. The fourth-order valence-corrected chi connectivity index (χ4v) is 5.86. The Labute approximate surface area is 190 Å². The van der Waals surface area contributed by atoms with Gasteiger partial charge in [0, 0.05) is 11.5 Å². The maximum Gasteiger partial charge on any atom is 0.341 e. The third-order valence-corrected chi connectivity index (χ3v) is 7.58. The van der Waals surface area contributed by atoms with E-state index in [1.165, 1.54) is 23.3 Å². The summed E-state index contributed by atoms with van der Waals surface area (Å²) in [6, 6.07) is 12.8. The maximum atomic E-state index is 11.9. The highest BCUT2D eigenvalue weighted by atomic mass is 79.9. The number of nitrogens with zero attached hydrogens (tertiary/aromatic N) is 1. The van der Waals surface area contributed by atoms with Crippen molar-refractivity contribution >= 4 is 57.5 Å². The highest BCUT2D eigenvalue weighted by Gasteiger charge is 2.18. The van der Waals surface area contributed by atoms with Gasteiger partial charge in [-0.05, 0) is 57.4 Å². The van der Waals surface area contributed by atoms with Gasteiger partial charge < -0.3 is 14.6 Å². The van der Waals surface area contributed by atoms with Crippen LogP contribution in [0.25, 0.3) is 0 Å². The van der Waals surface area contributed by atoms with E-state index in [4.69, 9.17) is 14.6 Å². The van der Waals surface area contributed by atoms with Crippen LogP contribution < -0.4 is 14.9 Å². The summed E-state index contributed by atoms with van der Waals surface area (Å²) in [6.07, 6.45) is 1.47. The summed E-state index contributed by atoms with van der Waals surface area (Å²) in [4.78, 5) is 22.5. The van der Waals surface area contributed by atoms with Crippen molar-refractivity contribution < 1.29 is 24.2 Å². The molecule has 1 heterocycles. The normalized spacial score (nSPS) is 14.0. The number of hydrazone groups is 1. The smallest absolute Gasteiger partial charge is 0.341 e. The van der Waals surface area contributed by atoms with E-state index in [9.17, 15) is 9.59 Å². The molecule has 0 spiro atoms. The van der Waals surface area contributed by atoms with Crippen LogP contribution >= 0.6 is 39.5 Å². The van der Waals surface area contributed by atoms with Gasteiger partial charge in [-0.2, -0.15) is 5.10 Å². The zero-order valence-corrected chi connectivity index (χ0v) is 19.0. The second kappa shape index (κ2) is 11.3. The topological polar surface area (TPSA) is 97.2 Å². The third-order valence-electron chi connectivity index (χ3n) is 3.85. The van der Waals surface area contributed by atoms with Crippen LogP contribution in [-0.2, 0) is 9.59 Å². The summed E-state index contributed by atoms with van der Waals surface area (Å²) >= 11 is 7.19. The molecule has 30 heavy (non-hydrogen) atoms. The van der Waals surface area contributed by atoms with E-state index >= 15 is 0 Å². The molecule has 3 rings (SSSR count). The first-order valence-corrected chi connectivity index (χ1v) is 11.8. The molecule has 1 amide bonds. The molecule has 10 heteroatoms. The number of carboxylic acid groups (broad SMARTS) is 1. The number of carbonyl (C=O) groups excluding carboxylic acids is 1. The van der Waals surface area contributed by atoms with Gasteiger partial charge in [-0.3, -0.25) is 4.79 Å². The zero-order valence-electron chi connectivity index (χ0n) is 15.7. The molecule has 0 aromatic heterocycles. The van der Waals surface area contributed by atoms with Crippen molar-refractivity contribution in [3.05, 3.63) is 58.1 Å². The molecule has 1 saturated heterocycles. The van der Waals surface area contributed by atoms with Gasteiger partial charge >= 0.3 is 5.97 Å². The van der Waals surface area contributed by atoms with Gasteiger partial charge in [-0.1, -0.05) is 12.1 Å². The van der Waals surface area contributed by atoms with Gasteiger partial charge in [-0.15, -0.1) is 23.5 Å². The van der Waals surface area contributed by atoms with E-state index in [0.29, 0.717) is 26.1 Å². The van der Waals surface area contributed by atoms with Crippen LogP contribution in [0.2, 0.25) is 0 Å². The molecule has 2 aromatic rings. The molecule has 158 valence electrons. The fraction of sp³-hybridized carbons (Fsp3) is 0.250. The minimum atomic E-state index is -1.06. The van der Waals surface area contributed by atoms with Gasteiger partial charge in [0.05, 0.1) is 15.3 Å². The number of thioether (sulfide) groups is 2. The first-order valence-electron chi connectivity index (χ1n) is 8.93. The van der Waals surface area contributed by atoms with E-state index in [2.05, 4.69) is 26.5 Å². The lowest BCUT2D eigenvalue weighted by Crippen LogP contribution is -2.24. The molecule has 1 fully saturated rings. The molecule has 7 nitrogen and oxygen atoms in total. The van der Waals surface area contributed by atoms with Gasteiger partial charge in [0.25, 0.3) is 5.91 Å². The second-order valence-electron chi connectivity index (χ2n) is 6.10. The first-order chi connectivity index (χ1) is 14.5. The molecule has 1 aliphatic heterocycles. The molecule has 2 N–H and O–H groups in total. The zero-order chi connectivity index (χ0) is 21.3. The van der Waals surface area contributed by atoms with Gasteiger partial charge in [0.15, 0.2) is 13.2 Å². The van der Waals surface area contributed by atoms with Gasteiger partial charge in [0.1, 0.15) is 11.5 Å². The van der Waals surface area contributed by atoms with Crippen LogP contribution in [0, 0.1) is 0 Å². The molecule has 0 bridgehead atoms. The summed E-state index contributed by atoms with van der Waals surface area (Å²) < 4.78 is 11.7. The van der Waals surface area contributed by atoms with Gasteiger partial charge in [0.2, 0.25) is 0 Å². The average Bonchev–Trinajstić information content (AvgIpc) is 3.27. The monoisotopic (exact) mass is 510 g/mol. The van der Waals surface area contributed by atoms with Crippen molar-refractivity contribution in [1.29, 1.82) is 0 Å². The highest BCUT2D eigenvalue weighted by Crippen LogP contribution is 2.45. The number of nitrogens with one attached hydrogen (secondary N) is 1. The van der Waals surface area contributed by atoms with E-state index in [0.717, 1.165) is 0 Å². The third kappa shape index (κ3) is 6.96. The van der Waals surface area contributed by atoms with E-state index in [1.54, 1.807) is 18.2 Å². The Morgan fingerprint density at radius 2 is 1.87 bits per heavy atom. The number of aliphatic carboxylic acids is 1. The minimum absolute atomic E-state index is 0.144. The van der Waals surface area contributed by atoms with Crippen molar-refractivity contribution in [2.45, 2.75) is 4.58 Å². The quantitative estimate of drug-likeness (QED) is 0.389. The molecular weight excluding hydrogens is 492 g/mol. The van der Waals surface area contributed by atoms with Crippen molar-refractivity contribution in [2.24, 2.45) is 5.10 Å². The van der Waals surface area contributed by atoms with E-state index in [-0.39, 0.29) is 12.5 Å². The Hall–Kier alpha value is -2.17. The fourth-order valence-electron chi connectivity index (χ4n) is 2.49. The predicted molar refractivity (Wildman–Crippen MR) is 123 cm³/mol. The number of benzene rings is 2. The lowest BCUT2D eigenvalue weighted by atomic mass is 10.2. The largest absolute Gasteiger partial charge is 0.484 e. The number of halogens is 1. The molecule has 0 saturated carbocycles. The van der Waals surface area contributed by atoms with Crippen molar-refractivity contribution in [2.75, 3.05) is 24.7 Å². The minimum Gasteiger partial charge on any atom is -0.484 e. The standard InChI is InChI=1S/C20H19BrN2O5S2/c21-16-9-13(1-6-17(16)28-12-19(25)26)10-22-23-18(24)11-27-15-4-2-14(3-5-15)20-29-7-8-30-20/h1-6,9-10,20H,7-8,11-12H2,(H,23,24)(H,25,26)/b22-10-. The molecule has 2 aromatic carbocycles. The highest BCUT2D eigenvalue weighted by molar-refractivity contribution is 9.10. The van der Waals surface area contributed by atoms with E-state index < -0.39 is 12.6 Å². The molecular formula is C20H19BrN2O5S2. The van der Waals surface area contributed by atoms with Crippen LogP contribution in [0.4, 0.5) is 0 Å². The average molecular weight is 511 g/mol. The Morgan fingerprint density at radius 3 is 2.53 bits per heavy atom. The number of carboxylic acids is 1. The molecule has 1 aliphatic rings. The van der Waals surface area contributed by atoms with Crippen molar-refractivity contribution in [1.82, 2.24) is 5.43 Å². The predicted octanol–water partition coefficient (Wildman–Crippen LogP) is 3.92. The number of carbonyl (C=O) groups is 2. The van der Waals surface area contributed by atoms with Crippen molar-refractivity contribution in [3.63, 3.8) is 0 Å². The summed E-state index contributed by atoms with van der Waals surface area (Å²) in [5.41, 5.74) is 4.36. The Bertz CT molecular complexity index is 918. The van der Waals surface area contributed by atoms with Crippen LogP contribution in [0.1, 0.15) is 15.7 Å². The Kier molecular flexibility index (Phi) is 8.47. The summed E-state index contributed by atoms with van der Waals surface area (Å²) in [5.74, 6) is 1.95. The SMILES string of the molecule is O=C(O)COc1ccc(/C=N\NC(=O)COc2ccc(C3SCCS3)cc2)cc1Br.